The fourth-order valence-electron chi connectivity index (χ4n) is 3.45. The topological polar surface area (TPSA) is 38.3 Å². The standard InChI is InChI=1S/C27H31NO2/c1-19-11-9-10-14-24(19)25(21-12-7-6-8-13-21)28-26(29)20(2)30-23-17-15-22(16-18-23)27(3,4)5/h6-18,20,25H,1-5H3,(H,28,29)/t20-,25+/m1/s1. The van der Waals surface area contributed by atoms with E-state index in [1.165, 1.54) is 5.56 Å². The molecule has 156 valence electrons. The summed E-state index contributed by atoms with van der Waals surface area (Å²) >= 11 is 0. The van der Waals surface area contributed by atoms with Gasteiger partial charge < -0.3 is 10.1 Å². The maximum absolute atomic E-state index is 13.0. The predicted molar refractivity (Wildman–Crippen MR) is 123 cm³/mol. The summed E-state index contributed by atoms with van der Waals surface area (Å²) in [6.45, 7) is 10.4. The summed E-state index contributed by atoms with van der Waals surface area (Å²) < 4.78 is 5.93. The summed E-state index contributed by atoms with van der Waals surface area (Å²) in [7, 11) is 0. The van der Waals surface area contributed by atoms with E-state index >= 15 is 0 Å². The van der Waals surface area contributed by atoms with Gasteiger partial charge in [0.1, 0.15) is 5.75 Å². The minimum Gasteiger partial charge on any atom is -0.481 e. The van der Waals surface area contributed by atoms with Crippen LogP contribution in [0.4, 0.5) is 0 Å². The molecule has 1 N–H and O–H groups in total. The first-order valence-corrected chi connectivity index (χ1v) is 10.4. The van der Waals surface area contributed by atoms with Gasteiger partial charge in [0, 0.05) is 0 Å². The molecule has 3 aromatic rings. The van der Waals surface area contributed by atoms with Gasteiger partial charge in [-0.1, -0.05) is 87.5 Å². The number of nitrogens with one attached hydrogen (secondary N) is 1. The Morgan fingerprint density at radius 3 is 2.07 bits per heavy atom. The number of hydrogen-bond donors (Lipinski definition) is 1. The highest BCUT2D eigenvalue weighted by Crippen LogP contribution is 2.26. The van der Waals surface area contributed by atoms with Gasteiger partial charge in [-0.15, -0.1) is 0 Å². The van der Waals surface area contributed by atoms with Gasteiger partial charge in [0.05, 0.1) is 6.04 Å². The van der Waals surface area contributed by atoms with Crippen molar-refractivity contribution in [1.82, 2.24) is 5.32 Å². The second-order valence-corrected chi connectivity index (χ2v) is 8.74. The molecule has 0 aliphatic heterocycles. The lowest BCUT2D eigenvalue weighted by Gasteiger charge is -2.24. The summed E-state index contributed by atoms with van der Waals surface area (Å²) in [5.41, 5.74) is 4.58. The van der Waals surface area contributed by atoms with Crippen LogP contribution in [-0.4, -0.2) is 12.0 Å². The van der Waals surface area contributed by atoms with Crippen LogP contribution in [-0.2, 0) is 10.2 Å². The maximum atomic E-state index is 13.0. The van der Waals surface area contributed by atoms with Crippen molar-refractivity contribution < 1.29 is 9.53 Å². The molecule has 0 spiro atoms. The molecule has 0 bridgehead atoms. The van der Waals surface area contributed by atoms with Crippen LogP contribution in [0.25, 0.3) is 0 Å². The second-order valence-electron chi connectivity index (χ2n) is 8.74. The summed E-state index contributed by atoms with van der Waals surface area (Å²) in [5, 5.41) is 3.18. The van der Waals surface area contributed by atoms with E-state index in [0.717, 1.165) is 16.7 Å². The van der Waals surface area contributed by atoms with E-state index in [1.807, 2.05) is 54.6 Å². The average Bonchev–Trinajstić information content (AvgIpc) is 2.73. The Morgan fingerprint density at radius 2 is 1.47 bits per heavy atom. The van der Waals surface area contributed by atoms with Crippen molar-refractivity contribution in [3.05, 3.63) is 101 Å². The highest BCUT2D eigenvalue weighted by atomic mass is 16.5. The van der Waals surface area contributed by atoms with Crippen LogP contribution in [0, 0.1) is 6.92 Å². The lowest BCUT2D eigenvalue weighted by atomic mass is 9.87. The van der Waals surface area contributed by atoms with Crippen LogP contribution in [0.5, 0.6) is 5.75 Å². The van der Waals surface area contributed by atoms with Crippen molar-refractivity contribution in [1.29, 1.82) is 0 Å². The second kappa shape index (κ2) is 9.17. The summed E-state index contributed by atoms with van der Waals surface area (Å²) in [5.74, 6) is 0.546. The molecular formula is C27H31NO2. The Balaban J connectivity index is 1.76. The molecule has 0 saturated carbocycles. The minimum absolute atomic E-state index is 0.0813. The van der Waals surface area contributed by atoms with Gasteiger partial charge in [0.15, 0.2) is 6.10 Å². The average molecular weight is 402 g/mol. The SMILES string of the molecule is Cc1ccccc1[C@@H](NC(=O)[C@@H](C)Oc1ccc(C(C)(C)C)cc1)c1ccccc1. The van der Waals surface area contributed by atoms with Crippen LogP contribution < -0.4 is 10.1 Å². The first-order chi connectivity index (χ1) is 14.3. The first-order valence-electron chi connectivity index (χ1n) is 10.4. The Kier molecular flexibility index (Phi) is 6.61. The number of benzene rings is 3. The minimum atomic E-state index is -0.610. The van der Waals surface area contributed by atoms with E-state index in [9.17, 15) is 4.79 Å². The van der Waals surface area contributed by atoms with Gasteiger partial charge in [-0.05, 0) is 53.6 Å². The van der Waals surface area contributed by atoms with Crippen molar-refractivity contribution in [3.8, 4) is 5.75 Å². The van der Waals surface area contributed by atoms with E-state index in [-0.39, 0.29) is 17.4 Å². The molecule has 0 unspecified atom stereocenters. The Morgan fingerprint density at radius 1 is 0.867 bits per heavy atom. The van der Waals surface area contributed by atoms with E-state index in [0.29, 0.717) is 5.75 Å². The maximum Gasteiger partial charge on any atom is 0.261 e. The normalized spacial score (nSPS) is 13.4. The largest absolute Gasteiger partial charge is 0.481 e. The van der Waals surface area contributed by atoms with Crippen LogP contribution in [0.15, 0.2) is 78.9 Å². The molecule has 0 saturated heterocycles. The van der Waals surface area contributed by atoms with Crippen molar-refractivity contribution >= 4 is 5.91 Å². The first kappa shape index (κ1) is 21.6. The Hall–Kier alpha value is -3.07. The fourth-order valence-corrected chi connectivity index (χ4v) is 3.45. The van der Waals surface area contributed by atoms with Crippen molar-refractivity contribution in [2.75, 3.05) is 0 Å². The Labute approximate surface area is 180 Å². The zero-order valence-corrected chi connectivity index (χ0v) is 18.5. The predicted octanol–water partition coefficient (Wildman–Crippen LogP) is 5.97. The smallest absolute Gasteiger partial charge is 0.261 e. The molecule has 1 amide bonds. The van der Waals surface area contributed by atoms with Crippen LogP contribution in [0.3, 0.4) is 0 Å². The van der Waals surface area contributed by atoms with Crippen LogP contribution >= 0.6 is 0 Å². The molecule has 3 aromatic carbocycles. The third-order valence-electron chi connectivity index (χ3n) is 5.32. The third kappa shape index (κ3) is 5.29. The van der Waals surface area contributed by atoms with Gasteiger partial charge in [0.25, 0.3) is 5.91 Å². The van der Waals surface area contributed by atoms with Gasteiger partial charge in [-0.2, -0.15) is 0 Å². The highest BCUT2D eigenvalue weighted by Gasteiger charge is 2.23. The number of carbonyl (C=O) groups is 1. The van der Waals surface area contributed by atoms with E-state index < -0.39 is 6.10 Å². The highest BCUT2D eigenvalue weighted by molar-refractivity contribution is 5.81. The molecule has 2 atom stereocenters. The molecule has 0 heterocycles. The monoisotopic (exact) mass is 401 g/mol. The molecule has 3 rings (SSSR count). The van der Waals surface area contributed by atoms with Gasteiger partial charge in [-0.25, -0.2) is 0 Å². The molecule has 3 nitrogen and oxygen atoms in total. The van der Waals surface area contributed by atoms with Gasteiger partial charge >= 0.3 is 0 Å². The van der Waals surface area contributed by atoms with Crippen LogP contribution in [0.1, 0.15) is 56.0 Å². The number of amides is 1. The number of aryl methyl sites for hydroxylation is 1. The molecule has 3 heteroatoms. The number of carbonyl (C=O) groups excluding carboxylic acids is 1. The van der Waals surface area contributed by atoms with Crippen molar-refractivity contribution in [2.24, 2.45) is 0 Å². The lowest BCUT2D eigenvalue weighted by molar-refractivity contribution is -0.127. The van der Waals surface area contributed by atoms with E-state index in [1.54, 1.807) is 6.92 Å². The van der Waals surface area contributed by atoms with Gasteiger partial charge in [0.2, 0.25) is 0 Å². The van der Waals surface area contributed by atoms with E-state index in [2.05, 4.69) is 57.3 Å². The molecular weight excluding hydrogens is 370 g/mol. The van der Waals surface area contributed by atoms with Crippen molar-refractivity contribution in [2.45, 2.75) is 52.2 Å². The van der Waals surface area contributed by atoms with Crippen LogP contribution in [0.2, 0.25) is 0 Å². The number of hydrogen-bond acceptors (Lipinski definition) is 2. The summed E-state index contributed by atoms with van der Waals surface area (Å²) in [6.07, 6.45) is -0.610. The lowest BCUT2D eigenvalue weighted by Crippen LogP contribution is -2.39. The molecule has 0 aromatic heterocycles. The molecule has 0 aliphatic carbocycles. The zero-order chi connectivity index (χ0) is 21.7. The van der Waals surface area contributed by atoms with E-state index in [4.69, 9.17) is 4.74 Å². The number of ether oxygens (including phenoxy) is 1. The third-order valence-corrected chi connectivity index (χ3v) is 5.32. The molecule has 30 heavy (non-hydrogen) atoms. The fraction of sp³-hybridized carbons (Fsp3) is 0.296. The summed E-state index contributed by atoms with van der Waals surface area (Å²) in [6, 6.07) is 25.9. The quantitative estimate of drug-likeness (QED) is 0.553. The molecule has 0 aliphatic rings. The van der Waals surface area contributed by atoms with Crippen molar-refractivity contribution in [3.63, 3.8) is 0 Å². The molecule has 0 fully saturated rings. The van der Waals surface area contributed by atoms with Gasteiger partial charge in [-0.3, -0.25) is 4.79 Å². The summed E-state index contributed by atoms with van der Waals surface area (Å²) in [4.78, 5) is 13.0. The number of rotatable bonds is 6. The zero-order valence-electron chi connectivity index (χ0n) is 18.5. The molecule has 0 radical (unpaired) electrons. The Bertz CT molecular complexity index is 972.